The fourth-order valence-electron chi connectivity index (χ4n) is 2.99. The van der Waals surface area contributed by atoms with Crippen LogP contribution in [0.3, 0.4) is 0 Å². The van der Waals surface area contributed by atoms with Gasteiger partial charge >= 0.3 is 12.5 Å². The molecular weight excluding hydrogens is 450 g/mol. The summed E-state index contributed by atoms with van der Waals surface area (Å²) >= 11 is 0. The molecule has 0 saturated carbocycles. The van der Waals surface area contributed by atoms with Gasteiger partial charge in [-0.2, -0.15) is 18.2 Å². The Bertz CT molecular complexity index is 1130. The second kappa shape index (κ2) is 9.16. The van der Waals surface area contributed by atoms with Crippen molar-refractivity contribution in [3.05, 3.63) is 59.7 Å². The summed E-state index contributed by atoms with van der Waals surface area (Å²) in [4.78, 5) is 8.58. The zero-order valence-corrected chi connectivity index (χ0v) is 17.8. The van der Waals surface area contributed by atoms with Gasteiger partial charge in [0, 0.05) is 23.4 Å². The Morgan fingerprint density at radius 2 is 1.64 bits per heavy atom. The van der Waals surface area contributed by atoms with Gasteiger partial charge in [-0.15, -0.1) is 13.2 Å². The lowest BCUT2D eigenvalue weighted by Gasteiger charge is -2.15. The predicted octanol–water partition coefficient (Wildman–Crippen LogP) is 6.93. The number of hydrogen-bond donors (Lipinski definition) is 2. The van der Waals surface area contributed by atoms with E-state index in [1.165, 1.54) is 37.3 Å². The minimum Gasteiger partial charge on any atom is -0.406 e. The molecule has 2 N–H and O–H groups in total. The topological polar surface area (TPSA) is 59.1 Å². The summed E-state index contributed by atoms with van der Waals surface area (Å²) in [5.41, 5.74) is -0.0399. The number of benzene rings is 2. The highest BCUT2D eigenvalue weighted by atomic mass is 19.4. The number of alkyl halides is 6. The normalized spacial score (nSPS) is 12.1. The predicted molar refractivity (Wildman–Crippen MR) is 112 cm³/mol. The zero-order chi connectivity index (χ0) is 24.4. The highest BCUT2D eigenvalue weighted by Crippen LogP contribution is 2.34. The molecule has 0 bridgehead atoms. The van der Waals surface area contributed by atoms with Crippen molar-refractivity contribution in [2.45, 2.75) is 39.4 Å². The summed E-state index contributed by atoms with van der Waals surface area (Å²) in [7, 11) is 0. The molecule has 11 heteroatoms. The molecule has 1 heterocycles. The van der Waals surface area contributed by atoms with Crippen LogP contribution < -0.4 is 15.4 Å². The molecule has 0 saturated heterocycles. The second-order valence-electron chi connectivity index (χ2n) is 7.49. The van der Waals surface area contributed by atoms with E-state index < -0.39 is 23.9 Å². The quantitative estimate of drug-likeness (QED) is 0.383. The lowest BCUT2D eigenvalue weighted by atomic mass is 10.1. The molecule has 2 aromatic carbocycles. The molecule has 33 heavy (non-hydrogen) atoms. The third kappa shape index (κ3) is 6.74. The van der Waals surface area contributed by atoms with Gasteiger partial charge < -0.3 is 15.4 Å². The first kappa shape index (κ1) is 24.1. The van der Waals surface area contributed by atoms with Crippen LogP contribution in [-0.4, -0.2) is 22.4 Å². The zero-order valence-electron chi connectivity index (χ0n) is 17.8. The maximum absolute atomic E-state index is 13.3. The van der Waals surface area contributed by atoms with Gasteiger partial charge in [0.15, 0.2) is 0 Å². The van der Waals surface area contributed by atoms with E-state index in [0.29, 0.717) is 5.56 Å². The average molecular weight is 470 g/mol. The van der Waals surface area contributed by atoms with E-state index in [4.69, 9.17) is 0 Å². The molecule has 5 nitrogen and oxygen atoms in total. The lowest BCUT2D eigenvalue weighted by Crippen LogP contribution is -2.17. The van der Waals surface area contributed by atoms with E-state index in [1.54, 1.807) is 0 Å². The molecular formula is C22H20F6N4O. The van der Waals surface area contributed by atoms with Gasteiger partial charge in [-0.25, -0.2) is 4.98 Å². The van der Waals surface area contributed by atoms with Crippen LogP contribution in [0.1, 0.15) is 25.0 Å². The summed E-state index contributed by atoms with van der Waals surface area (Å²) < 4.78 is 81.5. The first-order valence-electron chi connectivity index (χ1n) is 9.77. The van der Waals surface area contributed by atoms with Crippen molar-refractivity contribution < 1.29 is 31.1 Å². The van der Waals surface area contributed by atoms with Gasteiger partial charge in [-0.3, -0.25) is 0 Å². The lowest BCUT2D eigenvalue weighted by molar-refractivity contribution is -0.274. The number of rotatable bonds is 6. The van der Waals surface area contributed by atoms with Crippen molar-refractivity contribution in [2.75, 3.05) is 10.6 Å². The van der Waals surface area contributed by atoms with Crippen LogP contribution in [0.15, 0.2) is 48.5 Å². The van der Waals surface area contributed by atoms with Crippen LogP contribution in [0.25, 0.3) is 11.3 Å². The van der Waals surface area contributed by atoms with E-state index in [2.05, 4.69) is 25.3 Å². The molecule has 0 amide bonds. The number of nitrogens with zero attached hydrogens (tertiary/aromatic N) is 2. The molecule has 0 unspecified atom stereocenters. The molecule has 176 valence electrons. The first-order valence-corrected chi connectivity index (χ1v) is 9.77. The SMILES string of the molecule is Cc1ccc(Nc2cc(-c3cccc(OC(F)(F)F)c3)nc(NC(C)C)n2)cc1C(F)(F)F. The van der Waals surface area contributed by atoms with Crippen molar-refractivity contribution in [3.8, 4) is 17.0 Å². The minimum absolute atomic E-state index is 0.0695. The number of ether oxygens (including phenoxy) is 1. The number of aryl methyl sites for hydroxylation is 1. The Morgan fingerprint density at radius 3 is 2.27 bits per heavy atom. The molecule has 0 atom stereocenters. The van der Waals surface area contributed by atoms with Crippen molar-refractivity contribution >= 4 is 17.5 Å². The van der Waals surface area contributed by atoms with Gasteiger partial charge in [0.05, 0.1) is 11.3 Å². The summed E-state index contributed by atoms with van der Waals surface area (Å²) in [5.74, 6) is -0.127. The third-order valence-electron chi connectivity index (χ3n) is 4.32. The largest absolute Gasteiger partial charge is 0.573 e. The Hall–Kier alpha value is -3.50. The maximum Gasteiger partial charge on any atom is 0.573 e. The van der Waals surface area contributed by atoms with Crippen molar-refractivity contribution in [1.82, 2.24) is 9.97 Å². The van der Waals surface area contributed by atoms with Gasteiger partial charge in [-0.1, -0.05) is 18.2 Å². The molecule has 0 fully saturated rings. The standard InChI is InChI=1S/C22H20F6N4O/c1-12(2)29-20-31-18(14-5-4-6-16(9-14)33-22(26,27)28)11-19(32-20)30-15-8-7-13(3)17(10-15)21(23,24)25/h4-12H,1-3H3,(H2,29,30,31,32). The second-order valence-corrected chi connectivity index (χ2v) is 7.49. The van der Waals surface area contributed by atoms with E-state index in [-0.39, 0.29) is 34.8 Å². The number of nitrogens with one attached hydrogen (secondary N) is 2. The van der Waals surface area contributed by atoms with E-state index in [1.807, 2.05) is 13.8 Å². The molecule has 0 radical (unpaired) electrons. The molecule has 3 rings (SSSR count). The van der Waals surface area contributed by atoms with Gasteiger partial charge in [0.25, 0.3) is 0 Å². The van der Waals surface area contributed by atoms with Crippen molar-refractivity contribution in [2.24, 2.45) is 0 Å². The Kier molecular flexibility index (Phi) is 6.71. The fraction of sp³-hybridized carbons (Fsp3) is 0.273. The smallest absolute Gasteiger partial charge is 0.406 e. The molecule has 0 aliphatic rings. The summed E-state index contributed by atoms with van der Waals surface area (Å²) in [6.45, 7) is 5.02. The number of aromatic nitrogens is 2. The van der Waals surface area contributed by atoms with E-state index in [0.717, 1.165) is 18.2 Å². The average Bonchev–Trinajstić information content (AvgIpc) is 2.67. The highest BCUT2D eigenvalue weighted by Gasteiger charge is 2.33. The number of anilines is 3. The number of hydrogen-bond acceptors (Lipinski definition) is 5. The van der Waals surface area contributed by atoms with Crippen LogP contribution in [0.5, 0.6) is 5.75 Å². The van der Waals surface area contributed by atoms with E-state index in [9.17, 15) is 26.3 Å². The molecule has 0 spiro atoms. The molecule has 3 aromatic rings. The van der Waals surface area contributed by atoms with Gasteiger partial charge in [0.1, 0.15) is 11.6 Å². The Labute approximate surface area is 185 Å². The van der Waals surface area contributed by atoms with Gasteiger partial charge in [-0.05, 0) is 50.6 Å². The van der Waals surface area contributed by atoms with Crippen molar-refractivity contribution in [3.63, 3.8) is 0 Å². The highest BCUT2D eigenvalue weighted by molar-refractivity contribution is 5.69. The van der Waals surface area contributed by atoms with Crippen LogP contribution in [-0.2, 0) is 6.18 Å². The van der Waals surface area contributed by atoms with Crippen LogP contribution in [0.2, 0.25) is 0 Å². The molecule has 1 aromatic heterocycles. The molecule has 0 aliphatic carbocycles. The van der Waals surface area contributed by atoms with E-state index >= 15 is 0 Å². The first-order chi connectivity index (χ1) is 15.3. The van der Waals surface area contributed by atoms with Crippen LogP contribution >= 0.6 is 0 Å². The Balaban J connectivity index is 2.01. The third-order valence-corrected chi connectivity index (χ3v) is 4.32. The summed E-state index contributed by atoms with van der Waals surface area (Å²) in [6.07, 6.45) is -9.38. The monoisotopic (exact) mass is 470 g/mol. The summed E-state index contributed by atoms with van der Waals surface area (Å²) in [5, 5.41) is 5.80. The van der Waals surface area contributed by atoms with Gasteiger partial charge in [0.2, 0.25) is 5.95 Å². The van der Waals surface area contributed by atoms with Crippen LogP contribution in [0, 0.1) is 6.92 Å². The molecule has 0 aliphatic heterocycles. The summed E-state index contributed by atoms with van der Waals surface area (Å²) in [6, 6.07) is 10.3. The van der Waals surface area contributed by atoms with Crippen LogP contribution in [0.4, 0.5) is 43.8 Å². The maximum atomic E-state index is 13.3. The van der Waals surface area contributed by atoms with Crippen molar-refractivity contribution in [1.29, 1.82) is 0 Å². The fourth-order valence-corrected chi connectivity index (χ4v) is 2.99. The minimum atomic E-state index is -4.86. The number of halogens is 6. The Morgan fingerprint density at radius 1 is 0.909 bits per heavy atom.